The number of nitrogens with one attached hydrogen (secondary N) is 2. The third-order valence-corrected chi connectivity index (χ3v) is 8.93. The van der Waals surface area contributed by atoms with E-state index in [1.54, 1.807) is 14.0 Å². The van der Waals surface area contributed by atoms with Gasteiger partial charge in [0.05, 0.1) is 23.6 Å². The number of aromatic amines is 2. The molecule has 0 amide bonds. The third-order valence-electron chi connectivity index (χ3n) is 8.93. The number of aryl methyl sites for hydroxylation is 3. The van der Waals surface area contributed by atoms with Crippen molar-refractivity contribution in [2.45, 2.75) is 79.2 Å². The lowest BCUT2D eigenvalue weighted by atomic mass is 9.85. The van der Waals surface area contributed by atoms with E-state index >= 15 is 0 Å². The molecule has 2 aliphatic rings. The maximum Gasteiger partial charge on any atom is 0.338 e. The quantitative estimate of drug-likeness (QED) is 0.247. The summed E-state index contributed by atoms with van der Waals surface area (Å²) in [5.41, 5.74) is 11.9. The number of allylic oxidation sites excluding steroid dienone is 1. The number of aliphatic carboxylic acids is 2. The van der Waals surface area contributed by atoms with Crippen molar-refractivity contribution in [3.05, 3.63) is 68.8 Å². The molecule has 5 rings (SSSR count). The van der Waals surface area contributed by atoms with E-state index in [1.807, 2.05) is 19.1 Å². The van der Waals surface area contributed by atoms with Crippen molar-refractivity contribution in [2.24, 2.45) is 0 Å². The number of H-pyrrole nitrogens is 2. The molecule has 2 atom stereocenters. The summed E-state index contributed by atoms with van der Waals surface area (Å²) in [6, 6.07) is 6.06. The second-order valence-electron chi connectivity index (χ2n) is 11.4. The summed E-state index contributed by atoms with van der Waals surface area (Å²) >= 11 is 0. The number of nitrogens with zero attached hydrogens (tertiary/aromatic N) is 2. The van der Waals surface area contributed by atoms with Crippen LogP contribution in [0.4, 0.5) is 0 Å². The van der Waals surface area contributed by atoms with Crippen LogP contribution in [-0.4, -0.2) is 49.2 Å². The molecule has 0 spiro atoms. The molecule has 5 heterocycles. The third kappa shape index (κ3) is 4.91. The zero-order chi connectivity index (χ0) is 30.5. The molecule has 2 aliphatic heterocycles. The van der Waals surface area contributed by atoms with Gasteiger partial charge in [0.1, 0.15) is 0 Å². The Morgan fingerprint density at radius 1 is 0.905 bits per heavy atom. The monoisotopic (exact) mass is 570 g/mol. The van der Waals surface area contributed by atoms with Gasteiger partial charge in [-0.3, -0.25) is 9.78 Å². The van der Waals surface area contributed by atoms with E-state index in [9.17, 15) is 19.8 Å². The predicted octanol–water partition coefficient (Wildman–Crippen LogP) is 6.72. The fourth-order valence-electron chi connectivity index (χ4n) is 6.43. The molecular formula is C33H38N4O5. The van der Waals surface area contributed by atoms with Crippen molar-refractivity contribution in [3.63, 3.8) is 0 Å². The number of hydrogen-bond acceptors (Lipinski definition) is 5. The lowest BCUT2D eigenvalue weighted by Crippen LogP contribution is -2.08. The number of carboxylic acids is 2. The Kier molecular flexibility index (Phi) is 7.81. The zero-order valence-electron chi connectivity index (χ0n) is 25.2. The van der Waals surface area contributed by atoms with Gasteiger partial charge in [-0.05, 0) is 86.6 Å². The summed E-state index contributed by atoms with van der Waals surface area (Å²) in [5, 5.41) is 19.8. The number of fused-ring (bicyclic) bond motifs is 8. The van der Waals surface area contributed by atoms with Crippen LogP contribution in [0.1, 0.15) is 96.0 Å². The number of carboxylic acid groups (broad SMARTS) is 2. The highest BCUT2D eigenvalue weighted by molar-refractivity contribution is 6.24. The number of rotatable bonds is 7. The molecule has 0 radical (unpaired) electrons. The molecule has 220 valence electrons. The number of carbonyl (C=O) groups is 2. The highest BCUT2D eigenvalue weighted by Gasteiger charge is 2.33. The van der Waals surface area contributed by atoms with Crippen LogP contribution in [0.25, 0.3) is 33.2 Å². The van der Waals surface area contributed by atoms with Crippen molar-refractivity contribution in [1.82, 2.24) is 19.9 Å². The molecule has 0 unspecified atom stereocenters. The first kappa shape index (κ1) is 29.3. The summed E-state index contributed by atoms with van der Waals surface area (Å²) in [6.07, 6.45) is 1.16. The minimum absolute atomic E-state index is 0.0143. The second kappa shape index (κ2) is 11.2. The Hall–Kier alpha value is -4.24. The van der Waals surface area contributed by atoms with Crippen molar-refractivity contribution in [1.29, 1.82) is 0 Å². The van der Waals surface area contributed by atoms with Crippen LogP contribution in [-0.2, 0) is 27.4 Å². The van der Waals surface area contributed by atoms with Gasteiger partial charge in [0.2, 0.25) is 0 Å². The number of hydrogen-bond donors (Lipinski definition) is 4. The summed E-state index contributed by atoms with van der Waals surface area (Å²) in [5.74, 6) is -2.21. The highest BCUT2D eigenvalue weighted by atomic mass is 16.5. The molecule has 9 heteroatoms. The van der Waals surface area contributed by atoms with Gasteiger partial charge >= 0.3 is 11.9 Å². The molecule has 42 heavy (non-hydrogen) atoms. The lowest BCUT2D eigenvalue weighted by Gasteiger charge is -2.16. The SMILES string of the molecule is CCc1c(C)c2cc3[nH]c(cc4nc(c(C)c5nc(cc1[nH]2)C(C)=C5C(=O)O)[C@@H](CCC(=O)O)[C@@H]4C)c(C)c3COC. The van der Waals surface area contributed by atoms with E-state index in [4.69, 9.17) is 14.7 Å². The van der Waals surface area contributed by atoms with E-state index in [0.29, 0.717) is 41.2 Å². The van der Waals surface area contributed by atoms with Crippen molar-refractivity contribution < 1.29 is 24.5 Å². The molecule has 4 N–H and O–H groups in total. The summed E-state index contributed by atoms with van der Waals surface area (Å²) < 4.78 is 5.58. The van der Waals surface area contributed by atoms with Crippen molar-refractivity contribution in [2.75, 3.05) is 7.11 Å². The summed E-state index contributed by atoms with van der Waals surface area (Å²) in [6.45, 7) is 12.4. The van der Waals surface area contributed by atoms with Crippen molar-refractivity contribution in [3.8, 4) is 0 Å². The van der Waals surface area contributed by atoms with E-state index in [-0.39, 0.29) is 23.8 Å². The molecule has 3 aromatic heterocycles. The van der Waals surface area contributed by atoms with Crippen LogP contribution in [0.15, 0.2) is 18.2 Å². The van der Waals surface area contributed by atoms with E-state index in [2.05, 4.69) is 43.7 Å². The van der Waals surface area contributed by atoms with Gasteiger partial charge in [0, 0.05) is 64.4 Å². The average molecular weight is 571 g/mol. The zero-order valence-corrected chi connectivity index (χ0v) is 25.2. The molecule has 9 nitrogen and oxygen atoms in total. The average Bonchev–Trinajstić information content (AvgIpc) is 3.61. The Labute approximate surface area is 244 Å². The van der Waals surface area contributed by atoms with Gasteiger partial charge in [-0.15, -0.1) is 0 Å². The molecule has 0 aromatic carbocycles. The topological polar surface area (TPSA) is 141 Å². The Balaban J connectivity index is 1.97. The largest absolute Gasteiger partial charge is 0.481 e. The summed E-state index contributed by atoms with van der Waals surface area (Å²) in [7, 11) is 1.68. The van der Waals surface area contributed by atoms with Gasteiger partial charge in [-0.25, -0.2) is 9.78 Å². The van der Waals surface area contributed by atoms with Gasteiger partial charge in [0.15, 0.2) is 0 Å². The molecule has 0 saturated heterocycles. The van der Waals surface area contributed by atoms with E-state index in [1.165, 1.54) is 0 Å². The number of methoxy groups -OCH3 is 1. The highest BCUT2D eigenvalue weighted by Crippen LogP contribution is 2.43. The molecule has 8 bridgehead atoms. The normalized spacial score (nSPS) is 16.7. The van der Waals surface area contributed by atoms with Crippen LogP contribution in [0.2, 0.25) is 0 Å². The fourth-order valence-corrected chi connectivity index (χ4v) is 6.43. The standard InChI is InChI=1S/C33H38N4O5/c1-8-20-15(2)24-12-28-22(14-42-7)17(4)23(35-28)11-25-16(3)21(9-10-29(38)39)31(36-25)19(6)32-30(33(40)41)18(5)26(37-32)13-27(20)34-24/h11-13,16,21,34-35H,8-10,14H2,1-7H3,(H,38,39)(H,40,41)/t16-,21-/m0/s1. The first-order valence-electron chi connectivity index (χ1n) is 14.3. The first-order chi connectivity index (χ1) is 20.0. The van der Waals surface area contributed by atoms with Crippen LogP contribution in [0.3, 0.4) is 0 Å². The minimum atomic E-state index is -1.05. The fraction of sp³-hybridized carbons (Fsp3) is 0.394. The van der Waals surface area contributed by atoms with E-state index < -0.39 is 11.9 Å². The maximum absolute atomic E-state index is 12.6. The molecule has 0 saturated carbocycles. The minimum Gasteiger partial charge on any atom is -0.481 e. The van der Waals surface area contributed by atoms with Crippen LogP contribution in [0, 0.1) is 20.8 Å². The molecule has 3 aromatic rings. The van der Waals surface area contributed by atoms with Crippen LogP contribution in [0.5, 0.6) is 0 Å². The number of ether oxygens (including phenoxy) is 1. The van der Waals surface area contributed by atoms with Gasteiger partial charge in [-0.2, -0.15) is 0 Å². The maximum atomic E-state index is 12.6. The Morgan fingerprint density at radius 3 is 2.17 bits per heavy atom. The lowest BCUT2D eigenvalue weighted by molar-refractivity contribution is -0.137. The summed E-state index contributed by atoms with van der Waals surface area (Å²) in [4.78, 5) is 41.2. The first-order valence-corrected chi connectivity index (χ1v) is 14.3. The van der Waals surface area contributed by atoms with Gasteiger partial charge in [-0.1, -0.05) is 13.8 Å². The molecule has 0 aliphatic carbocycles. The molecular weight excluding hydrogens is 532 g/mol. The number of aromatic nitrogens is 4. The van der Waals surface area contributed by atoms with Crippen LogP contribution < -0.4 is 0 Å². The predicted molar refractivity (Wildman–Crippen MR) is 163 cm³/mol. The van der Waals surface area contributed by atoms with Gasteiger partial charge in [0.25, 0.3) is 0 Å². The second-order valence-corrected chi connectivity index (χ2v) is 11.4. The Bertz CT molecular complexity index is 1810. The van der Waals surface area contributed by atoms with E-state index in [0.717, 1.165) is 56.4 Å². The smallest absolute Gasteiger partial charge is 0.338 e. The van der Waals surface area contributed by atoms with Crippen LogP contribution >= 0.6 is 0 Å². The van der Waals surface area contributed by atoms with Crippen molar-refractivity contribution >= 4 is 45.2 Å². The molecule has 0 fully saturated rings. The Morgan fingerprint density at radius 2 is 1.55 bits per heavy atom. The van der Waals surface area contributed by atoms with Gasteiger partial charge < -0.3 is 24.9 Å².